The topological polar surface area (TPSA) is 63.1 Å². The summed E-state index contributed by atoms with van der Waals surface area (Å²) in [6, 6.07) is 8.50. The number of benzene rings is 1. The molecule has 0 saturated carbocycles. The molecule has 150 valence electrons. The summed E-state index contributed by atoms with van der Waals surface area (Å²) in [6.07, 6.45) is 6.10. The fourth-order valence-electron chi connectivity index (χ4n) is 4.37. The number of nitrogens with zero attached hydrogens (tertiary/aromatic N) is 4. The number of carbonyl (C=O) groups is 1. The molecule has 2 saturated heterocycles. The first-order chi connectivity index (χ1) is 13.3. The average molecular weight is 402 g/mol. The van der Waals surface area contributed by atoms with Crippen LogP contribution in [0.5, 0.6) is 0 Å². The first kappa shape index (κ1) is 19.2. The fraction of sp³-hybridized carbons (Fsp3) is 0.571. The molecule has 2 unspecified atom stereocenters. The lowest BCUT2D eigenvalue weighted by Gasteiger charge is -2.38. The van der Waals surface area contributed by atoms with Crippen LogP contribution in [0.3, 0.4) is 0 Å². The molecular formula is C21H28ClN5O. The Labute approximate surface area is 171 Å². The molecule has 1 N–H and O–H groups in total. The van der Waals surface area contributed by atoms with Crippen LogP contribution in [0.15, 0.2) is 30.5 Å². The molecule has 0 aliphatic carbocycles. The Bertz CT molecular complexity index is 827. The van der Waals surface area contributed by atoms with E-state index in [0.29, 0.717) is 17.6 Å². The summed E-state index contributed by atoms with van der Waals surface area (Å²) < 4.78 is 2.02. The second kappa shape index (κ2) is 7.39. The van der Waals surface area contributed by atoms with E-state index in [1.807, 2.05) is 28.9 Å². The summed E-state index contributed by atoms with van der Waals surface area (Å²) in [6.45, 7) is 6.98. The van der Waals surface area contributed by atoms with E-state index >= 15 is 0 Å². The zero-order chi connectivity index (χ0) is 19.9. The van der Waals surface area contributed by atoms with Crippen LogP contribution < -0.4 is 5.32 Å². The van der Waals surface area contributed by atoms with E-state index in [1.165, 1.54) is 0 Å². The Morgan fingerprint density at radius 3 is 2.36 bits per heavy atom. The van der Waals surface area contributed by atoms with Crippen molar-refractivity contribution in [2.45, 2.75) is 76.5 Å². The van der Waals surface area contributed by atoms with Crippen LogP contribution in [-0.4, -0.2) is 38.0 Å². The molecule has 0 radical (unpaired) electrons. The summed E-state index contributed by atoms with van der Waals surface area (Å²) in [4.78, 5) is 14.9. The van der Waals surface area contributed by atoms with Gasteiger partial charge in [-0.25, -0.2) is 9.48 Å². The van der Waals surface area contributed by atoms with Crippen molar-refractivity contribution in [3.63, 3.8) is 0 Å². The molecule has 2 bridgehead atoms. The molecule has 2 aliphatic heterocycles. The minimum Gasteiger partial charge on any atom is -0.334 e. The van der Waals surface area contributed by atoms with E-state index in [1.54, 1.807) is 0 Å². The van der Waals surface area contributed by atoms with Crippen LogP contribution in [-0.2, 0) is 12.0 Å². The van der Waals surface area contributed by atoms with Crippen molar-refractivity contribution in [1.82, 2.24) is 25.2 Å². The highest BCUT2D eigenvalue weighted by molar-refractivity contribution is 6.30. The SMILES string of the molecule is CC(C)(C)c1cn(C2CC3CCC(C2)N3C(=O)NCc2ccc(Cl)cc2)nn1. The van der Waals surface area contributed by atoms with Crippen molar-refractivity contribution in [2.75, 3.05) is 0 Å². The highest BCUT2D eigenvalue weighted by atomic mass is 35.5. The molecule has 7 heteroatoms. The number of hydrogen-bond acceptors (Lipinski definition) is 3. The predicted octanol–water partition coefficient (Wildman–Crippen LogP) is 4.31. The Morgan fingerprint density at radius 1 is 1.14 bits per heavy atom. The second-order valence-electron chi connectivity index (χ2n) is 9.04. The maximum absolute atomic E-state index is 12.8. The van der Waals surface area contributed by atoms with E-state index in [2.05, 4.69) is 47.5 Å². The molecule has 1 aromatic carbocycles. The van der Waals surface area contributed by atoms with E-state index in [0.717, 1.165) is 36.9 Å². The molecule has 6 nitrogen and oxygen atoms in total. The van der Waals surface area contributed by atoms with Gasteiger partial charge in [-0.05, 0) is 43.4 Å². The van der Waals surface area contributed by atoms with Crippen molar-refractivity contribution in [1.29, 1.82) is 0 Å². The zero-order valence-corrected chi connectivity index (χ0v) is 17.5. The summed E-state index contributed by atoms with van der Waals surface area (Å²) >= 11 is 5.93. The van der Waals surface area contributed by atoms with E-state index < -0.39 is 0 Å². The van der Waals surface area contributed by atoms with E-state index in [4.69, 9.17) is 11.6 Å². The second-order valence-corrected chi connectivity index (χ2v) is 9.47. The number of carbonyl (C=O) groups excluding carboxylic acids is 1. The lowest BCUT2D eigenvalue weighted by atomic mass is 9.93. The first-order valence-corrected chi connectivity index (χ1v) is 10.4. The number of amides is 2. The summed E-state index contributed by atoms with van der Waals surface area (Å²) in [7, 11) is 0. The van der Waals surface area contributed by atoms with Crippen LogP contribution in [0.4, 0.5) is 4.79 Å². The number of urea groups is 1. The van der Waals surface area contributed by atoms with Gasteiger partial charge in [-0.15, -0.1) is 5.10 Å². The number of halogens is 1. The molecule has 0 spiro atoms. The highest BCUT2D eigenvalue weighted by Crippen LogP contribution is 2.40. The Hall–Kier alpha value is -2.08. The minimum absolute atomic E-state index is 0.000510. The summed E-state index contributed by atoms with van der Waals surface area (Å²) in [5, 5.41) is 12.5. The Kier molecular flexibility index (Phi) is 5.08. The van der Waals surface area contributed by atoms with Crippen molar-refractivity contribution in [3.05, 3.63) is 46.7 Å². The van der Waals surface area contributed by atoms with Crippen LogP contribution >= 0.6 is 11.6 Å². The quantitative estimate of drug-likeness (QED) is 0.833. The van der Waals surface area contributed by atoms with Gasteiger partial charge in [0.05, 0.1) is 11.7 Å². The third-order valence-electron chi connectivity index (χ3n) is 5.95. The number of fused-ring (bicyclic) bond motifs is 2. The van der Waals surface area contributed by atoms with Crippen molar-refractivity contribution >= 4 is 17.6 Å². The lowest BCUT2D eigenvalue weighted by molar-refractivity contribution is 0.119. The van der Waals surface area contributed by atoms with Crippen molar-refractivity contribution < 1.29 is 4.79 Å². The molecule has 2 aromatic rings. The van der Waals surface area contributed by atoms with Crippen molar-refractivity contribution in [2.24, 2.45) is 0 Å². The molecule has 2 aliphatic rings. The largest absolute Gasteiger partial charge is 0.334 e. The van der Waals surface area contributed by atoms with Gasteiger partial charge < -0.3 is 10.2 Å². The smallest absolute Gasteiger partial charge is 0.318 e. The maximum Gasteiger partial charge on any atom is 0.318 e. The number of rotatable bonds is 3. The van der Waals surface area contributed by atoms with Gasteiger partial charge in [0.2, 0.25) is 0 Å². The van der Waals surface area contributed by atoms with Crippen LogP contribution in [0.2, 0.25) is 5.02 Å². The van der Waals surface area contributed by atoms with E-state index in [9.17, 15) is 4.79 Å². The van der Waals surface area contributed by atoms with E-state index in [-0.39, 0.29) is 23.5 Å². The van der Waals surface area contributed by atoms with Gasteiger partial charge in [0, 0.05) is 35.3 Å². The summed E-state index contributed by atoms with van der Waals surface area (Å²) in [5.74, 6) is 0. The third-order valence-corrected chi connectivity index (χ3v) is 6.20. The summed E-state index contributed by atoms with van der Waals surface area (Å²) in [5.41, 5.74) is 2.07. The van der Waals surface area contributed by atoms with Gasteiger partial charge >= 0.3 is 6.03 Å². The zero-order valence-electron chi connectivity index (χ0n) is 16.7. The van der Waals surface area contributed by atoms with Gasteiger partial charge in [0.1, 0.15) is 0 Å². The normalized spacial score (nSPS) is 24.4. The maximum atomic E-state index is 12.8. The first-order valence-electron chi connectivity index (χ1n) is 10.0. The van der Waals surface area contributed by atoms with Crippen molar-refractivity contribution in [3.8, 4) is 0 Å². The Morgan fingerprint density at radius 2 is 1.79 bits per heavy atom. The highest BCUT2D eigenvalue weighted by Gasteiger charge is 2.44. The Balaban J connectivity index is 1.39. The molecule has 2 atom stereocenters. The third kappa shape index (κ3) is 3.88. The molecule has 1 aromatic heterocycles. The standard InChI is InChI=1S/C21H28ClN5O/c1-21(2,3)19-13-26(25-24-19)18-10-16-8-9-17(11-18)27(16)20(28)23-12-14-4-6-15(22)7-5-14/h4-7,13,16-18H,8-12H2,1-3H3,(H,23,28). The van der Waals surface area contributed by atoms with Gasteiger partial charge in [0.25, 0.3) is 0 Å². The number of aromatic nitrogens is 3. The average Bonchev–Trinajstić information content (AvgIpc) is 3.24. The number of nitrogens with one attached hydrogen (secondary N) is 1. The molecular weight excluding hydrogens is 374 g/mol. The molecule has 3 heterocycles. The lowest BCUT2D eigenvalue weighted by Crippen LogP contribution is -2.50. The van der Waals surface area contributed by atoms with Gasteiger partial charge in [-0.2, -0.15) is 0 Å². The predicted molar refractivity (Wildman–Crippen MR) is 109 cm³/mol. The van der Waals surface area contributed by atoms with Gasteiger partial charge in [-0.1, -0.05) is 49.7 Å². The molecule has 28 heavy (non-hydrogen) atoms. The van der Waals surface area contributed by atoms with Gasteiger partial charge in [-0.3, -0.25) is 0 Å². The molecule has 2 fully saturated rings. The van der Waals surface area contributed by atoms with Crippen LogP contribution in [0.25, 0.3) is 0 Å². The molecule has 4 rings (SSSR count). The van der Waals surface area contributed by atoms with Gasteiger partial charge in [0.15, 0.2) is 0 Å². The minimum atomic E-state index is -0.000510. The molecule has 2 amide bonds. The fourth-order valence-corrected chi connectivity index (χ4v) is 4.49. The number of hydrogen-bond donors (Lipinski definition) is 1. The van der Waals surface area contributed by atoms with Crippen LogP contribution in [0.1, 0.15) is 63.8 Å². The van der Waals surface area contributed by atoms with Crippen LogP contribution in [0, 0.1) is 0 Å². The monoisotopic (exact) mass is 401 g/mol. The number of piperidine rings is 1.